The molecule has 0 aromatic carbocycles. The summed E-state index contributed by atoms with van der Waals surface area (Å²) in [5.74, 6) is 2.79. The van der Waals surface area contributed by atoms with Gasteiger partial charge in [-0.15, -0.1) is 0 Å². The van der Waals surface area contributed by atoms with Crippen molar-refractivity contribution in [1.29, 1.82) is 0 Å². The third-order valence-corrected chi connectivity index (χ3v) is 5.96. The second-order valence-electron chi connectivity index (χ2n) is 7.44. The van der Waals surface area contributed by atoms with E-state index in [4.69, 9.17) is 0 Å². The molecule has 0 amide bonds. The lowest BCUT2D eigenvalue weighted by Crippen LogP contribution is -2.55. The highest BCUT2D eigenvalue weighted by Gasteiger charge is 2.36. The first kappa shape index (κ1) is 16.3. The van der Waals surface area contributed by atoms with Crippen molar-refractivity contribution in [3.8, 4) is 0 Å². The molecule has 20 heavy (non-hydrogen) atoms. The molecule has 1 saturated carbocycles. The first-order valence-electron chi connectivity index (χ1n) is 9.13. The van der Waals surface area contributed by atoms with Crippen LogP contribution in [0.3, 0.4) is 0 Å². The molecule has 2 fully saturated rings. The first-order valence-corrected chi connectivity index (χ1v) is 9.13. The Labute approximate surface area is 126 Å². The van der Waals surface area contributed by atoms with Crippen LogP contribution in [0.2, 0.25) is 0 Å². The van der Waals surface area contributed by atoms with Crippen LogP contribution in [0.4, 0.5) is 0 Å². The number of rotatable bonds is 5. The van der Waals surface area contributed by atoms with Crippen LogP contribution in [-0.2, 0) is 0 Å². The zero-order valence-electron chi connectivity index (χ0n) is 14.2. The van der Waals surface area contributed by atoms with Crippen molar-refractivity contribution in [2.24, 2.45) is 17.8 Å². The van der Waals surface area contributed by atoms with E-state index in [0.29, 0.717) is 0 Å². The lowest BCUT2D eigenvalue weighted by Gasteiger charge is -2.46. The summed E-state index contributed by atoms with van der Waals surface area (Å²) in [7, 11) is 0. The lowest BCUT2D eigenvalue weighted by molar-refractivity contribution is 0.0554. The van der Waals surface area contributed by atoms with Gasteiger partial charge in [-0.1, -0.05) is 34.1 Å². The van der Waals surface area contributed by atoms with Crippen molar-refractivity contribution < 1.29 is 0 Å². The average molecular weight is 280 g/mol. The van der Waals surface area contributed by atoms with Crippen LogP contribution < -0.4 is 5.32 Å². The third-order valence-electron chi connectivity index (χ3n) is 5.96. The lowest BCUT2D eigenvalue weighted by atomic mass is 9.75. The summed E-state index contributed by atoms with van der Waals surface area (Å²) in [5, 5.41) is 3.77. The Balaban J connectivity index is 1.96. The molecular formula is C18H36N2. The summed E-state index contributed by atoms with van der Waals surface area (Å²) in [6, 6.07) is 1.54. The summed E-state index contributed by atoms with van der Waals surface area (Å²) in [6.45, 7) is 13.3. The molecule has 3 atom stereocenters. The predicted octanol–water partition coefficient (Wildman–Crippen LogP) is 3.91. The zero-order chi connectivity index (χ0) is 14.5. The van der Waals surface area contributed by atoms with E-state index >= 15 is 0 Å². The maximum atomic E-state index is 3.77. The van der Waals surface area contributed by atoms with Crippen LogP contribution in [-0.4, -0.2) is 36.6 Å². The molecule has 0 bridgehead atoms. The summed E-state index contributed by atoms with van der Waals surface area (Å²) >= 11 is 0. The fraction of sp³-hybridized carbons (Fsp3) is 1.00. The highest BCUT2D eigenvalue weighted by molar-refractivity contribution is 4.93. The minimum Gasteiger partial charge on any atom is -0.313 e. The molecule has 0 aromatic heterocycles. The van der Waals surface area contributed by atoms with Crippen molar-refractivity contribution >= 4 is 0 Å². The van der Waals surface area contributed by atoms with E-state index < -0.39 is 0 Å². The van der Waals surface area contributed by atoms with E-state index in [1.807, 2.05) is 0 Å². The van der Waals surface area contributed by atoms with Gasteiger partial charge >= 0.3 is 0 Å². The molecule has 118 valence electrons. The SMILES string of the molecule is CCNC1CCC(C(C)C)CC1N1CCC(CC)CC1. The Bertz CT molecular complexity index is 269. The highest BCUT2D eigenvalue weighted by atomic mass is 15.2. The molecule has 1 saturated heterocycles. The zero-order valence-corrected chi connectivity index (χ0v) is 14.2. The van der Waals surface area contributed by atoms with Gasteiger partial charge < -0.3 is 5.32 Å². The van der Waals surface area contributed by atoms with Crippen molar-refractivity contribution in [2.75, 3.05) is 19.6 Å². The molecular weight excluding hydrogens is 244 g/mol. The number of likely N-dealkylation sites (tertiary alicyclic amines) is 1. The van der Waals surface area contributed by atoms with Crippen molar-refractivity contribution in [3.05, 3.63) is 0 Å². The standard InChI is InChI=1S/C18H36N2/c1-5-15-9-11-20(12-10-15)18-13-16(14(3)4)7-8-17(18)19-6-2/h14-19H,5-13H2,1-4H3. The van der Waals surface area contributed by atoms with Crippen LogP contribution in [0.1, 0.15) is 66.2 Å². The number of hydrogen-bond acceptors (Lipinski definition) is 2. The number of nitrogens with zero attached hydrogens (tertiary/aromatic N) is 1. The molecule has 0 aromatic rings. The molecule has 0 spiro atoms. The molecule has 2 nitrogen and oxygen atoms in total. The van der Waals surface area contributed by atoms with Crippen molar-refractivity contribution in [1.82, 2.24) is 10.2 Å². The third kappa shape index (κ3) is 3.98. The summed E-state index contributed by atoms with van der Waals surface area (Å²) < 4.78 is 0. The van der Waals surface area contributed by atoms with Gasteiger partial charge in [-0.25, -0.2) is 0 Å². The van der Waals surface area contributed by atoms with Gasteiger partial charge in [0.05, 0.1) is 0 Å². The quantitative estimate of drug-likeness (QED) is 0.821. The van der Waals surface area contributed by atoms with Gasteiger partial charge in [0.1, 0.15) is 0 Å². The Hall–Kier alpha value is -0.0800. The fourth-order valence-electron chi connectivity index (χ4n) is 4.38. The van der Waals surface area contributed by atoms with Gasteiger partial charge in [0.25, 0.3) is 0 Å². The second-order valence-corrected chi connectivity index (χ2v) is 7.44. The Morgan fingerprint density at radius 1 is 1.05 bits per heavy atom. The monoisotopic (exact) mass is 280 g/mol. The first-order chi connectivity index (χ1) is 9.65. The Morgan fingerprint density at radius 3 is 2.30 bits per heavy atom. The molecule has 1 heterocycles. The van der Waals surface area contributed by atoms with E-state index in [1.54, 1.807) is 0 Å². The fourth-order valence-corrected chi connectivity index (χ4v) is 4.38. The average Bonchev–Trinajstić information content (AvgIpc) is 2.48. The van der Waals surface area contributed by atoms with E-state index in [0.717, 1.165) is 36.4 Å². The molecule has 1 aliphatic heterocycles. The highest BCUT2D eigenvalue weighted by Crippen LogP contribution is 2.34. The smallest absolute Gasteiger partial charge is 0.0252 e. The maximum absolute atomic E-state index is 3.77. The summed E-state index contributed by atoms with van der Waals surface area (Å²) in [5.41, 5.74) is 0. The predicted molar refractivity (Wildman–Crippen MR) is 88.0 cm³/mol. The molecule has 2 heteroatoms. The summed E-state index contributed by atoms with van der Waals surface area (Å²) in [4.78, 5) is 2.83. The van der Waals surface area contributed by atoms with Crippen molar-refractivity contribution in [2.45, 2.75) is 78.3 Å². The van der Waals surface area contributed by atoms with Gasteiger partial charge in [0.2, 0.25) is 0 Å². The molecule has 1 N–H and O–H groups in total. The van der Waals surface area contributed by atoms with Gasteiger partial charge in [0.15, 0.2) is 0 Å². The maximum Gasteiger partial charge on any atom is 0.0252 e. The molecule has 2 aliphatic rings. The Morgan fingerprint density at radius 2 is 1.75 bits per heavy atom. The van der Waals surface area contributed by atoms with Gasteiger partial charge in [0, 0.05) is 12.1 Å². The Kier molecular flexibility index (Phi) is 6.35. The topological polar surface area (TPSA) is 15.3 Å². The normalized spacial score (nSPS) is 33.8. The van der Waals surface area contributed by atoms with E-state index in [9.17, 15) is 0 Å². The second kappa shape index (κ2) is 7.79. The van der Waals surface area contributed by atoms with E-state index in [2.05, 4.69) is 37.9 Å². The number of hydrogen-bond donors (Lipinski definition) is 1. The van der Waals surface area contributed by atoms with E-state index in [-0.39, 0.29) is 0 Å². The van der Waals surface area contributed by atoms with Crippen LogP contribution >= 0.6 is 0 Å². The van der Waals surface area contributed by atoms with Crippen LogP contribution in [0.5, 0.6) is 0 Å². The van der Waals surface area contributed by atoms with Crippen LogP contribution in [0.25, 0.3) is 0 Å². The minimum absolute atomic E-state index is 0.744. The van der Waals surface area contributed by atoms with Crippen LogP contribution in [0, 0.1) is 17.8 Å². The minimum atomic E-state index is 0.744. The number of piperidine rings is 1. The molecule has 0 radical (unpaired) electrons. The van der Waals surface area contributed by atoms with Crippen LogP contribution in [0.15, 0.2) is 0 Å². The largest absolute Gasteiger partial charge is 0.313 e. The number of likely N-dealkylation sites (N-methyl/N-ethyl adjacent to an activating group) is 1. The van der Waals surface area contributed by atoms with E-state index in [1.165, 1.54) is 51.6 Å². The molecule has 3 unspecified atom stereocenters. The van der Waals surface area contributed by atoms with Gasteiger partial charge in [-0.3, -0.25) is 4.90 Å². The molecule has 1 aliphatic carbocycles. The van der Waals surface area contributed by atoms with Gasteiger partial charge in [-0.05, 0) is 69.5 Å². The van der Waals surface area contributed by atoms with Crippen molar-refractivity contribution in [3.63, 3.8) is 0 Å². The number of nitrogens with one attached hydrogen (secondary N) is 1. The van der Waals surface area contributed by atoms with Gasteiger partial charge in [-0.2, -0.15) is 0 Å². The molecule has 2 rings (SSSR count). The summed E-state index contributed by atoms with van der Waals surface area (Å²) in [6.07, 6.45) is 8.47.